The molecule has 0 aliphatic carbocycles. The van der Waals surface area contributed by atoms with Gasteiger partial charge in [-0.25, -0.2) is 5.43 Å². The molecule has 2 aliphatic heterocycles. The van der Waals surface area contributed by atoms with Gasteiger partial charge in [0.2, 0.25) is 0 Å². The number of primary amides is 1. The van der Waals surface area contributed by atoms with E-state index < -0.39 is 5.91 Å². The number of hydrogen-bond acceptors (Lipinski definition) is 4. The Hall–Kier alpha value is -1.49. The van der Waals surface area contributed by atoms with Crippen molar-refractivity contribution in [1.82, 2.24) is 10.9 Å². The van der Waals surface area contributed by atoms with Gasteiger partial charge in [-0.05, 0) is 0 Å². The van der Waals surface area contributed by atoms with E-state index in [1.165, 1.54) is 0 Å². The molecule has 64 valence electrons. The van der Waals surface area contributed by atoms with Crippen LogP contribution < -0.4 is 16.6 Å². The van der Waals surface area contributed by atoms with Crippen molar-refractivity contribution in [2.75, 3.05) is 13.2 Å². The van der Waals surface area contributed by atoms with Gasteiger partial charge in [0.1, 0.15) is 6.61 Å². The predicted octanol–water partition coefficient (Wildman–Crippen LogP) is -1.25. The summed E-state index contributed by atoms with van der Waals surface area (Å²) >= 11 is 0. The highest BCUT2D eigenvalue weighted by Crippen LogP contribution is 2.16. The summed E-state index contributed by atoms with van der Waals surface area (Å²) in [5.41, 5.74) is 12.9. The number of rotatable bonds is 1. The average molecular weight is 167 g/mol. The molecule has 0 saturated heterocycles. The van der Waals surface area contributed by atoms with Gasteiger partial charge in [0.05, 0.1) is 5.70 Å². The standard InChI is InChI=1S/C7H9N3O2/c8-7(11)6-1-5-4(3-12-6)2-9-10-5/h1,9-10H,2-3H2,(H2,8,11). The number of carbonyl (C=O) groups excluding carboxylic acids is 1. The van der Waals surface area contributed by atoms with Crippen molar-refractivity contribution in [2.45, 2.75) is 0 Å². The molecular weight excluding hydrogens is 158 g/mol. The minimum absolute atomic E-state index is 0.213. The van der Waals surface area contributed by atoms with Crippen molar-refractivity contribution in [3.63, 3.8) is 0 Å². The first kappa shape index (κ1) is 7.17. The minimum atomic E-state index is -0.532. The Bertz CT molecular complexity index is 293. The van der Waals surface area contributed by atoms with Gasteiger partial charge in [0.15, 0.2) is 5.76 Å². The molecule has 2 heterocycles. The van der Waals surface area contributed by atoms with Crippen LogP contribution in [-0.2, 0) is 9.53 Å². The quantitative estimate of drug-likeness (QED) is 0.456. The van der Waals surface area contributed by atoms with Crippen LogP contribution in [0.4, 0.5) is 0 Å². The van der Waals surface area contributed by atoms with E-state index >= 15 is 0 Å². The molecule has 0 aromatic rings. The van der Waals surface area contributed by atoms with Gasteiger partial charge in [0.25, 0.3) is 5.91 Å². The number of carbonyl (C=O) groups is 1. The molecule has 0 aromatic heterocycles. The van der Waals surface area contributed by atoms with E-state index in [1.807, 2.05) is 0 Å². The monoisotopic (exact) mass is 167 g/mol. The fourth-order valence-corrected chi connectivity index (χ4v) is 1.18. The maximum atomic E-state index is 10.7. The number of ether oxygens (including phenoxy) is 1. The van der Waals surface area contributed by atoms with Gasteiger partial charge in [-0.3, -0.25) is 4.79 Å². The SMILES string of the molecule is NC(=O)C1=CC2=C(CNN2)CO1. The Morgan fingerprint density at radius 1 is 1.67 bits per heavy atom. The van der Waals surface area contributed by atoms with E-state index in [9.17, 15) is 4.79 Å². The highest BCUT2D eigenvalue weighted by Gasteiger charge is 2.20. The van der Waals surface area contributed by atoms with E-state index in [4.69, 9.17) is 10.5 Å². The number of nitrogens with two attached hydrogens (primary N) is 1. The Labute approximate surface area is 69.2 Å². The molecule has 5 heteroatoms. The summed E-state index contributed by atoms with van der Waals surface area (Å²) in [7, 11) is 0. The lowest BCUT2D eigenvalue weighted by atomic mass is 10.2. The second kappa shape index (κ2) is 2.53. The van der Waals surface area contributed by atoms with Gasteiger partial charge < -0.3 is 15.9 Å². The van der Waals surface area contributed by atoms with Crippen LogP contribution in [0.1, 0.15) is 0 Å². The van der Waals surface area contributed by atoms with Crippen LogP contribution >= 0.6 is 0 Å². The molecule has 2 aliphatic rings. The van der Waals surface area contributed by atoms with Crippen LogP contribution in [0.3, 0.4) is 0 Å². The average Bonchev–Trinajstić information content (AvgIpc) is 2.49. The molecule has 0 bridgehead atoms. The fourth-order valence-electron chi connectivity index (χ4n) is 1.18. The van der Waals surface area contributed by atoms with Gasteiger partial charge in [0, 0.05) is 18.2 Å². The Balaban J connectivity index is 2.26. The maximum absolute atomic E-state index is 10.7. The molecule has 0 fully saturated rings. The summed E-state index contributed by atoms with van der Waals surface area (Å²) in [6, 6.07) is 0. The third-order valence-electron chi connectivity index (χ3n) is 1.83. The first-order valence-electron chi connectivity index (χ1n) is 3.62. The minimum Gasteiger partial charge on any atom is -0.483 e. The summed E-state index contributed by atoms with van der Waals surface area (Å²) in [5, 5.41) is 0. The van der Waals surface area contributed by atoms with E-state index in [2.05, 4.69) is 10.9 Å². The largest absolute Gasteiger partial charge is 0.483 e. The highest BCUT2D eigenvalue weighted by atomic mass is 16.5. The zero-order chi connectivity index (χ0) is 8.55. The van der Waals surface area contributed by atoms with Crippen LogP contribution in [0.15, 0.2) is 23.1 Å². The number of hydrogen-bond donors (Lipinski definition) is 3. The van der Waals surface area contributed by atoms with Crippen molar-refractivity contribution in [2.24, 2.45) is 5.73 Å². The molecule has 4 N–H and O–H groups in total. The number of amides is 1. The van der Waals surface area contributed by atoms with Crippen LogP contribution in [0.25, 0.3) is 0 Å². The summed E-state index contributed by atoms with van der Waals surface area (Å²) in [5.74, 6) is -0.319. The van der Waals surface area contributed by atoms with Gasteiger partial charge in [-0.2, -0.15) is 0 Å². The van der Waals surface area contributed by atoms with Crippen LogP contribution in [0.2, 0.25) is 0 Å². The Kier molecular flexibility index (Phi) is 1.51. The normalized spacial score (nSPS) is 20.8. The summed E-state index contributed by atoms with van der Waals surface area (Å²) in [4.78, 5) is 10.7. The molecule has 12 heavy (non-hydrogen) atoms. The lowest BCUT2D eigenvalue weighted by Gasteiger charge is -2.13. The third kappa shape index (κ3) is 1.04. The van der Waals surface area contributed by atoms with Gasteiger partial charge in [-0.15, -0.1) is 0 Å². The van der Waals surface area contributed by atoms with E-state index in [-0.39, 0.29) is 5.76 Å². The molecule has 0 radical (unpaired) electrons. The number of nitrogens with one attached hydrogen (secondary N) is 2. The topological polar surface area (TPSA) is 76.4 Å². The van der Waals surface area contributed by atoms with Crippen LogP contribution in [0, 0.1) is 0 Å². The number of allylic oxidation sites excluding steroid dienone is 1. The summed E-state index contributed by atoms with van der Waals surface area (Å²) in [6.45, 7) is 1.18. The van der Waals surface area contributed by atoms with Crippen molar-refractivity contribution in [3.05, 3.63) is 23.1 Å². The van der Waals surface area contributed by atoms with Gasteiger partial charge in [-0.1, -0.05) is 0 Å². The smallest absolute Gasteiger partial charge is 0.283 e. The second-order valence-electron chi connectivity index (χ2n) is 2.66. The summed E-state index contributed by atoms with van der Waals surface area (Å²) in [6.07, 6.45) is 1.61. The van der Waals surface area contributed by atoms with Gasteiger partial charge >= 0.3 is 0 Å². The van der Waals surface area contributed by atoms with Crippen molar-refractivity contribution >= 4 is 5.91 Å². The fraction of sp³-hybridized carbons (Fsp3) is 0.286. The lowest BCUT2D eigenvalue weighted by molar-refractivity contribution is -0.117. The third-order valence-corrected chi connectivity index (χ3v) is 1.83. The zero-order valence-electron chi connectivity index (χ0n) is 6.39. The van der Waals surface area contributed by atoms with E-state index in [0.29, 0.717) is 6.61 Å². The highest BCUT2D eigenvalue weighted by molar-refractivity contribution is 5.90. The molecule has 0 atom stereocenters. The number of hydrazine groups is 1. The molecule has 5 nitrogen and oxygen atoms in total. The molecular formula is C7H9N3O2. The lowest BCUT2D eigenvalue weighted by Crippen LogP contribution is -2.24. The predicted molar refractivity (Wildman–Crippen MR) is 41.4 cm³/mol. The first-order valence-corrected chi connectivity index (χ1v) is 3.62. The van der Waals surface area contributed by atoms with Crippen molar-refractivity contribution < 1.29 is 9.53 Å². The second-order valence-corrected chi connectivity index (χ2v) is 2.66. The summed E-state index contributed by atoms with van der Waals surface area (Å²) < 4.78 is 5.10. The molecule has 0 aromatic carbocycles. The van der Waals surface area contributed by atoms with E-state index in [1.54, 1.807) is 6.08 Å². The van der Waals surface area contributed by atoms with Crippen LogP contribution in [-0.4, -0.2) is 19.1 Å². The Morgan fingerprint density at radius 3 is 3.25 bits per heavy atom. The molecule has 1 amide bonds. The zero-order valence-corrected chi connectivity index (χ0v) is 6.39. The molecule has 0 unspecified atom stereocenters. The van der Waals surface area contributed by atoms with Crippen LogP contribution in [0.5, 0.6) is 0 Å². The molecule has 2 rings (SSSR count). The molecule has 0 spiro atoms. The van der Waals surface area contributed by atoms with E-state index in [0.717, 1.165) is 17.8 Å². The molecule has 0 saturated carbocycles. The maximum Gasteiger partial charge on any atom is 0.283 e. The van der Waals surface area contributed by atoms with Crippen molar-refractivity contribution in [3.8, 4) is 0 Å². The van der Waals surface area contributed by atoms with Crippen molar-refractivity contribution in [1.29, 1.82) is 0 Å². The first-order chi connectivity index (χ1) is 5.77. The Morgan fingerprint density at radius 2 is 2.50 bits per heavy atom.